The highest BCUT2D eigenvalue weighted by Crippen LogP contribution is 2.18. The molecule has 3 unspecified atom stereocenters. The fraction of sp³-hybridized carbons (Fsp3) is 0.500. The largest absolute Gasteiger partial charge is 0.497 e. The zero-order valence-electron chi connectivity index (χ0n) is 19.4. The first-order chi connectivity index (χ1) is 15.2. The van der Waals surface area contributed by atoms with Gasteiger partial charge in [0.05, 0.1) is 25.4 Å². The highest BCUT2D eigenvalue weighted by atomic mass is 32.2. The van der Waals surface area contributed by atoms with Crippen LogP contribution in [-0.2, 0) is 22.5 Å². The van der Waals surface area contributed by atoms with E-state index < -0.39 is 24.3 Å². The summed E-state index contributed by atoms with van der Waals surface area (Å²) in [6.07, 6.45) is -0.0498. The van der Waals surface area contributed by atoms with Crippen LogP contribution in [0.25, 0.3) is 0 Å². The van der Waals surface area contributed by atoms with Crippen LogP contribution in [-0.4, -0.2) is 53.9 Å². The van der Waals surface area contributed by atoms with Crippen molar-refractivity contribution in [2.24, 2.45) is 0 Å². The first kappa shape index (κ1) is 26.4. The van der Waals surface area contributed by atoms with Gasteiger partial charge in [0.15, 0.2) is 6.29 Å². The second-order valence-corrected chi connectivity index (χ2v) is 9.12. The van der Waals surface area contributed by atoms with Crippen molar-refractivity contribution in [3.63, 3.8) is 0 Å². The van der Waals surface area contributed by atoms with E-state index in [1.807, 2.05) is 75.6 Å². The van der Waals surface area contributed by atoms with Gasteiger partial charge in [0.2, 0.25) is 6.41 Å². The Labute approximate surface area is 195 Å². The molecule has 7 nitrogen and oxygen atoms in total. The molecule has 2 aromatic rings. The van der Waals surface area contributed by atoms with E-state index in [4.69, 9.17) is 18.9 Å². The zero-order valence-corrected chi connectivity index (χ0v) is 20.2. The van der Waals surface area contributed by atoms with Crippen molar-refractivity contribution in [1.29, 1.82) is 0 Å². The van der Waals surface area contributed by atoms with Gasteiger partial charge in [-0.3, -0.25) is 5.32 Å². The Hall–Kier alpha value is -1.81. The fourth-order valence-electron chi connectivity index (χ4n) is 2.92. The van der Waals surface area contributed by atoms with E-state index in [1.165, 1.54) is 0 Å². The average molecular weight is 466 g/mol. The van der Waals surface area contributed by atoms with E-state index in [-0.39, 0.29) is 6.61 Å². The Kier molecular flexibility index (Phi) is 10.8. The van der Waals surface area contributed by atoms with Crippen LogP contribution in [0.1, 0.15) is 31.9 Å². The van der Waals surface area contributed by atoms with Crippen LogP contribution in [0, 0.1) is 0 Å². The van der Waals surface area contributed by atoms with Crippen molar-refractivity contribution >= 4 is 11.8 Å². The lowest BCUT2D eigenvalue weighted by Gasteiger charge is -2.30. The molecule has 0 amide bonds. The van der Waals surface area contributed by atoms with E-state index >= 15 is 0 Å². The van der Waals surface area contributed by atoms with E-state index in [1.54, 1.807) is 18.9 Å². The molecule has 0 aliphatic heterocycles. The number of aliphatic hydroxyl groups is 2. The highest BCUT2D eigenvalue weighted by Gasteiger charge is 2.26. The minimum absolute atomic E-state index is 0.209. The number of hydrogen-bond donors (Lipinski definition) is 3. The lowest BCUT2D eigenvalue weighted by atomic mass is 10.1. The van der Waals surface area contributed by atoms with E-state index in [9.17, 15) is 10.2 Å². The molecule has 0 fully saturated rings. The van der Waals surface area contributed by atoms with E-state index in [0.717, 1.165) is 22.6 Å². The Bertz CT molecular complexity index is 779. The molecule has 0 radical (unpaired) electrons. The minimum atomic E-state index is -1.26. The molecule has 0 aliphatic rings. The molecule has 178 valence electrons. The predicted octanol–water partition coefficient (Wildman–Crippen LogP) is 3.52. The van der Waals surface area contributed by atoms with Crippen molar-refractivity contribution in [2.75, 3.05) is 19.3 Å². The second-order valence-electron chi connectivity index (χ2n) is 8.30. The molecule has 32 heavy (non-hydrogen) atoms. The third-order valence-electron chi connectivity index (χ3n) is 4.47. The summed E-state index contributed by atoms with van der Waals surface area (Å²) in [5.41, 5.74) is 1.29. The first-order valence-corrected chi connectivity index (χ1v) is 11.8. The van der Waals surface area contributed by atoms with Gasteiger partial charge in [0, 0.05) is 0 Å². The van der Waals surface area contributed by atoms with E-state index in [0.29, 0.717) is 12.4 Å². The summed E-state index contributed by atoms with van der Waals surface area (Å²) >= 11 is 1.60. The highest BCUT2D eigenvalue weighted by molar-refractivity contribution is 7.98. The first-order valence-electron chi connectivity index (χ1n) is 10.5. The number of methoxy groups -OCH3 is 1. The minimum Gasteiger partial charge on any atom is -0.497 e. The van der Waals surface area contributed by atoms with Crippen molar-refractivity contribution < 1.29 is 29.2 Å². The maximum Gasteiger partial charge on any atom is 0.214 e. The van der Waals surface area contributed by atoms with Gasteiger partial charge in [-0.15, -0.1) is 11.8 Å². The van der Waals surface area contributed by atoms with Crippen LogP contribution in [0.15, 0.2) is 48.5 Å². The van der Waals surface area contributed by atoms with Crippen LogP contribution in [0.4, 0.5) is 0 Å². The van der Waals surface area contributed by atoms with Gasteiger partial charge in [-0.25, -0.2) is 0 Å². The molecule has 2 aromatic carbocycles. The van der Waals surface area contributed by atoms with Gasteiger partial charge < -0.3 is 29.2 Å². The van der Waals surface area contributed by atoms with Crippen LogP contribution < -0.4 is 14.8 Å². The second kappa shape index (κ2) is 13.0. The number of hydrogen-bond acceptors (Lipinski definition) is 8. The predicted molar refractivity (Wildman–Crippen MR) is 127 cm³/mol. The molecule has 0 bridgehead atoms. The average Bonchev–Trinajstić information content (AvgIpc) is 2.75. The molecular weight excluding hydrogens is 430 g/mol. The SMILES string of the molecule is COc1ccc(COC(O)C(Cc2ccc(OCSC)cc2)NC(O)OC(C)(C)C)cc1. The van der Waals surface area contributed by atoms with Crippen LogP contribution in [0.3, 0.4) is 0 Å². The standard InChI is InChI=1S/C24H35NO6S/c1-24(2,3)31-23(27)25-21(14-17-6-12-20(13-7-17)30-16-32-5)22(26)29-15-18-8-10-19(28-4)11-9-18/h6-13,21-23,25-27H,14-16H2,1-5H3. The summed E-state index contributed by atoms with van der Waals surface area (Å²) in [5.74, 6) is 2.11. The van der Waals surface area contributed by atoms with Crippen molar-refractivity contribution in [2.45, 2.75) is 58.1 Å². The van der Waals surface area contributed by atoms with Gasteiger partial charge >= 0.3 is 0 Å². The lowest BCUT2D eigenvalue weighted by molar-refractivity contribution is -0.205. The van der Waals surface area contributed by atoms with Crippen LogP contribution in [0.2, 0.25) is 0 Å². The number of thioether (sulfide) groups is 1. The molecular formula is C24H35NO6S. The zero-order chi connectivity index (χ0) is 23.6. The Morgan fingerprint density at radius 3 is 2.09 bits per heavy atom. The molecule has 0 aromatic heterocycles. The third-order valence-corrected chi connectivity index (χ3v) is 4.82. The molecule has 0 heterocycles. The number of aliphatic hydroxyl groups excluding tert-OH is 2. The number of rotatable bonds is 13. The monoisotopic (exact) mass is 465 g/mol. The van der Waals surface area contributed by atoms with Gasteiger partial charge in [0.25, 0.3) is 0 Å². The Morgan fingerprint density at radius 1 is 0.938 bits per heavy atom. The molecule has 0 spiro atoms. The number of nitrogens with one attached hydrogen (secondary N) is 1. The summed E-state index contributed by atoms with van der Waals surface area (Å²) in [6.45, 7) is 5.74. The molecule has 0 saturated heterocycles. The maximum absolute atomic E-state index is 10.7. The number of benzene rings is 2. The lowest BCUT2D eigenvalue weighted by Crippen LogP contribution is -2.50. The molecule has 0 saturated carbocycles. The maximum atomic E-state index is 10.7. The van der Waals surface area contributed by atoms with Crippen molar-refractivity contribution in [1.82, 2.24) is 5.32 Å². The van der Waals surface area contributed by atoms with Crippen LogP contribution >= 0.6 is 11.8 Å². The van der Waals surface area contributed by atoms with Gasteiger partial charge in [-0.1, -0.05) is 24.3 Å². The molecule has 3 atom stereocenters. The van der Waals surface area contributed by atoms with Crippen molar-refractivity contribution in [3.05, 3.63) is 59.7 Å². The fourth-order valence-corrected chi connectivity index (χ4v) is 3.17. The van der Waals surface area contributed by atoms with Gasteiger partial charge in [0.1, 0.15) is 17.4 Å². The molecule has 3 N–H and O–H groups in total. The van der Waals surface area contributed by atoms with E-state index in [2.05, 4.69) is 5.32 Å². The van der Waals surface area contributed by atoms with Crippen LogP contribution in [0.5, 0.6) is 11.5 Å². The normalized spacial score (nSPS) is 14.6. The summed E-state index contributed by atoms with van der Waals surface area (Å²) < 4.78 is 22.0. The molecule has 2 rings (SSSR count). The Morgan fingerprint density at radius 2 is 1.53 bits per heavy atom. The summed E-state index contributed by atoms with van der Waals surface area (Å²) in [5, 5.41) is 24.0. The Balaban J connectivity index is 2.04. The summed E-state index contributed by atoms with van der Waals surface area (Å²) in [7, 11) is 1.61. The smallest absolute Gasteiger partial charge is 0.214 e. The quantitative estimate of drug-likeness (QED) is 0.387. The summed E-state index contributed by atoms with van der Waals surface area (Å²) in [6, 6.07) is 14.4. The molecule has 0 aliphatic carbocycles. The summed E-state index contributed by atoms with van der Waals surface area (Å²) in [4.78, 5) is 0. The topological polar surface area (TPSA) is 89.4 Å². The van der Waals surface area contributed by atoms with Crippen molar-refractivity contribution in [3.8, 4) is 11.5 Å². The van der Waals surface area contributed by atoms with Gasteiger partial charge in [-0.05, 0) is 68.8 Å². The molecule has 8 heteroatoms. The third kappa shape index (κ3) is 9.77. The van der Waals surface area contributed by atoms with Gasteiger partial charge in [-0.2, -0.15) is 0 Å². The number of ether oxygens (including phenoxy) is 4.